The van der Waals surface area contributed by atoms with Crippen LogP contribution in [0.15, 0.2) is 24.3 Å². The fourth-order valence-electron chi connectivity index (χ4n) is 1.66. The molecule has 1 aromatic carbocycles. The first kappa shape index (κ1) is 8.09. The van der Waals surface area contributed by atoms with E-state index in [0.29, 0.717) is 11.8 Å². The molecule has 1 aromatic rings. The Morgan fingerprint density at radius 3 is 2.75 bits per heavy atom. The lowest BCUT2D eigenvalue weighted by molar-refractivity contribution is 0.810. The minimum Gasteiger partial charge on any atom is -0.330 e. The van der Waals surface area contributed by atoms with E-state index >= 15 is 0 Å². The molecule has 2 N–H and O–H groups in total. The van der Waals surface area contributed by atoms with Crippen LogP contribution in [0.5, 0.6) is 0 Å². The Morgan fingerprint density at radius 1 is 1.42 bits per heavy atom. The largest absolute Gasteiger partial charge is 0.330 e. The molecule has 0 unspecified atom stereocenters. The van der Waals surface area contributed by atoms with Gasteiger partial charge in [-0.1, -0.05) is 29.8 Å². The second kappa shape index (κ2) is 3.08. The van der Waals surface area contributed by atoms with E-state index in [2.05, 4.69) is 6.07 Å². The Hall–Kier alpha value is -0.530. The molecule has 2 rings (SSSR count). The molecule has 64 valence electrons. The predicted molar refractivity (Wildman–Crippen MR) is 51.4 cm³/mol. The SMILES string of the molecule is NC[C@H]1C[C@H]1c1ccccc1Cl. The van der Waals surface area contributed by atoms with E-state index in [9.17, 15) is 0 Å². The Bertz CT molecular complexity index is 285. The molecule has 0 saturated heterocycles. The fraction of sp³-hybridized carbons (Fsp3) is 0.400. The van der Waals surface area contributed by atoms with E-state index < -0.39 is 0 Å². The highest BCUT2D eigenvalue weighted by molar-refractivity contribution is 6.31. The van der Waals surface area contributed by atoms with Crippen molar-refractivity contribution < 1.29 is 0 Å². The normalized spacial score (nSPS) is 27.2. The first-order valence-corrected chi connectivity index (χ1v) is 4.65. The number of benzene rings is 1. The minimum absolute atomic E-state index is 0.628. The molecule has 1 saturated carbocycles. The van der Waals surface area contributed by atoms with Crippen LogP contribution < -0.4 is 5.73 Å². The lowest BCUT2D eigenvalue weighted by Crippen LogP contribution is -2.01. The van der Waals surface area contributed by atoms with Gasteiger partial charge in [-0.2, -0.15) is 0 Å². The first-order valence-electron chi connectivity index (χ1n) is 4.27. The van der Waals surface area contributed by atoms with Crippen LogP contribution in [0.25, 0.3) is 0 Å². The lowest BCUT2D eigenvalue weighted by atomic mass is 10.1. The van der Waals surface area contributed by atoms with Gasteiger partial charge in [0.25, 0.3) is 0 Å². The van der Waals surface area contributed by atoms with Gasteiger partial charge in [-0.25, -0.2) is 0 Å². The number of hydrogen-bond acceptors (Lipinski definition) is 1. The van der Waals surface area contributed by atoms with Gasteiger partial charge in [0, 0.05) is 5.02 Å². The highest BCUT2D eigenvalue weighted by atomic mass is 35.5. The van der Waals surface area contributed by atoms with Gasteiger partial charge in [0.1, 0.15) is 0 Å². The van der Waals surface area contributed by atoms with Gasteiger partial charge in [0.05, 0.1) is 0 Å². The summed E-state index contributed by atoms with van der Waals surface area (Å²) >= 11 is 6.04. The summed E-state index contributed by atoms with van der Waals surface area (Å²) in [5, 5.41) is 0.887. The maximum absolute atomic E-state index is 6.04. The van der Waals surface area contributed by atoms with E-state index in [-0.39, 0.29) is 0 Å². The average molecular weight is 182 g/mol. The van der Waals surface area contributed by atoms with Crippen molar-refractivity contribution >= 4 is 11.6 Å². The average Bonchev–Trinajstić information content (AvgIpc) is 2.84. The molecule has 12 heavy (non-hydrogen) atoms. The summed E-state index contributed by atoms with van der Waals surface area (Å²) in [6.45, 7) is 0.788. The van der Waals surface area contributed by atoms with E-state index in [0.717, 1.165) is 11.6 Å². The molecular weight excluding hydrogens is 170 g/mol. The van der Waals surface area contributed by atoms with Gasteiger partial charge >= 0.3 is 0 Å². The molecular formula is C10H12ClN. The molecule has 2 atom stereocenters. The monoisotopic (exact) mass is 181 g/mol. The molecule has 1 aliphatic rings. The number of nitrogens with two attached hydrogens (primary N) is 1. The second-order valence-electron chi connectivity index (χ2n) is 3.36. The zero-order valence-electron chi connectivity index (χ0n) is 6.83. The summed E-state index contributed by atoms with van der Waals surface area (Å²) < 4.78 is 0. The number of hydrogen-bond donors (Lipinski definition) is 1. The molecule has 0 radical (unpaired) electrons. The minimum atomic E-state index is 0.628. The van der Waals surface area contributed by atoms with Gasteiger partial charge < -0.3 is 5.73 Å². The van der Waals surface area contributed by atoms with Crippen molar-refractivity contribution in [2.45, 2.75) is 12.3 Å². The Labute approximate surface area is 77.5 Å². The van der Waals surface area contributed by atoms with Crippen LogP contribution >= 0.6 is 11.6 Å². The van der Waals surface area contributed by atoms with Crippen molar-refractivity contribution in [3.8, 4) is 0 Å². The lowest BCUT2D eigenvalue weighted by Gasteiger charge is -2.01. The summed E-state index contributed by atoms with van der Waals surface area (Å²) in [7, 11) is 0. The third-order valence-electron chi connectivity index (χ3n) is 2.53. The molecule has 1 fully saturated rings. The van der Waals surface area contributed by atoms with E-state index in [1.165, 1.54) is 12.0 Å². The molecule has 0 heterocycles. The van der Waals surface area contributed by atoms with Crippen molar-refractivity contribution in [2.24, 2.45) is 11.7 Å². The van der Waals surface area contributed by atoms with Gasteiger partial charge in [-0.15, -0.1) is 0 Å². The van der Waals surface area contributed by atoms with Gasteiger partial charge in [0.2, 0.25) is 0 Å². The Morgan fingerprint density at radius 2 is 2.17 bits per heavy atom. The fourth-order valence-corrected chi connectivity index (χ4v) is 1.94. The molecule has 0 aromatic heterocycles. The molecule has 0 amide bonds. The predicted octanol–water partition coefficient (Wildman–Crippen LogP) is 2.40. The quantitative estimate of drug-likeness (QED) is 0.745. The maximum Gasteiger partial charge on any atom is 0.0440 e. The van der Waals surface area contributed by atoms with Crippen molar-refractivity contribution in [3.05, 3.63) is 34.9 Å². The van der Waals surface area contributed by atoms with Crippen LogP contribution in [-0.2, 0) is 0 Å². The van der Waals surface area contributed by atoms with Crippen LogP contribution in [-0.4, -0.2) is 6.54 Å². The van der Waals surface area contributed by atoms with Crippen LogP contribution in [0.4, 0.5) is 0 Å². The smallest absolute Gasteiger partial charge is 0.0440 e. The number of halogens is 1. The van der Waals surface area contributed by atoms with E-state index in [4.69, 9.17) is 17.3 Å². The Kier molecular flexibility index (Phi) is 2.07. The summed E-state index contributed by atoms with van der Waals surface area (Å²) in [6, 6.07) is 8.05. The standard InChI is InChI=1S/C10H12ClN/c11-10-4-2-1-3-8(10)9-5-7(9)6-12/h1-4,7,9H,5-6,12H2/t7-,9-/m1/s1. The molecule has 1 aliphatic carbocycles. The number of rotatable bonds is 2. The van der Waals surface area contributed by atoms with E-state index in [1.54, 1.807) is 0 Å². The van der Waals surface area contributed by atoms with Gasteiger partial charge in [-0.3, -0.25) is 0 Å². The van der Waals surface area contributed by atoms with Crippen molar-refractivity contribution in [3.63, 3.8) is 0 Å². The van der Waals surface area contributed by atoms with Gasteiger partial charge in [-0.05, 0) is 36.4 Å². The van der Waals surface area contributed by atoms with Crippen molar-refractivity contribution in [1.29, 1.82) is 0 Å². The van der Waals surface area contributed by atoms with Crippen molar-refractivity contribution in [1.82, 2.24) is 0 Å². The third-order valence-corrected chi connectivity index (χ3v) is 2.87. The van der Waals surface area contributed by atoms with Crippen LogP contribution in [0.3, 0.4) is 0 Å². The third kappa shape index (κ3) is 1.35. The van der Waals surface area contributed by atoms with Gasteiger partial charge in [0.15, 0.2) is 0 Å². The molecule has 0 spiro atoms. The molecule has 2 heteroatoms. The van der Waals surface area contributed by atoms with E-state index in [1.807, 2.05) is 18.2 Å². The topological polar surface area (TPSA) is 26.0 Å². The maximum atomic E-state index is 6.04. The molecule has 0 aliphatic heterocycles. The van der Waals surface area contributed by atoms with Crippen LogP contribution in [0, 0.1) is 5.92 Å². The summed E-state index contributed by atoms with van der Waals surface area (Å²) in [4.78, 5) is 0. The summed E-state index contributed by atoms with van der Waals surface area (Å²) in [5.41, 5.74) is 6.84. The second-order valence-corrected chi connectivity index (χ2v) is 3.77. The van der Waals surface area contributed by atoms with Crippen LogP contribution in [0.2, 0.25) is 5.02 Å². The zero-order chi connectivity index (χ0) is 8.55. The molecule has 1 nitrogen and oxygen atoms in total. The van der Waals surface area contributed by atoms with Crippen molar-refractivity contribution in [2.75, 3.05) is 6.54 Å². The first-order chi connectivity index (χ1) is 5.83. The van der Waals surface area contributed by atoms with Crippen LogP contribution in [0.1, 0.15) is 17.9 Å². The zero-order valence-corrected chi connectivity index (χ0v) is 7.59. The highest BCUT2D eigenvalue weighted by Gasteiger charge is 2.37. The molecule has 0 bridgehead atoms. The highest BCUT2D eigenvalue weighted by Crippen LogP contribution is 2.48. The summed E-state index contributed by atoms with van der Waals surface area (Å²) in [6.07, 6.45) is 1.21. The summed E-state index contributed by atoms with van der Waals surface area (Å²) in [5.74, 6) is 1.30. The Balaban J connectivity index is 2.19.